The maximum atomic E-state index is 13.8. The van der Waals surface area contributed by atoms with Gasteiger partial charge >= 0.3 is 0 Å². The zero-order chi connectivity index (χ0) is 20.5. The molecule has 152 valence electrons. The Kier molecular flexibility index (Phi) is 5.74. The third-order valence-corrected chi connectivity index (χ3v) is 7.91. The zero-order valence-electron chi connectivity index (χ0n) is 15.2. The van der Waals surface area contributed by atoms with Crippen LogP contribution >= 0.6 is 0 Å². The average molecular weight is 430 g/mol. The Bertz CT molecular complexity index is 1100. The van der Waals surface area contributed by atoms with E-state index in [-0.39, 0.29) is 18.0 Å². The molecule has 0 fully saturated rings. The first-order chi connectivity index (χ1) is 13.1. The average Bonchev–Trinajstić information content (AvgIpc) is 2.60. The molecule has 0 amide bonds. The highest BCUT2D eigenvalue weighted by atomic mass is 32.2. The van der Waals surface area contributed by atoms with Crippen molar-refractivity contribution >= 4 is 25.7 Å². The van der Waals surface area contributed by atoms with Gasteiger partial charge in [0.15, 0.2) is 0 Å². The van der Waals surface area contributed by atoms with Crippen LogP contribution in [0.3, 0.4) is 0 Å². The van der Waals surface area contributed by atoms with E-state index in [1.807, 2.05) is 0 Å². The van der Waals surface area contributed by atoms with Gasteiger partial charge in [0.25, 0.3) is 10.0 Å². The first-order valence-electron chi connectivity index (χ1n) is 8.70. The molecule has 6 nitrogen and oxygen atoms in total. The van der Waals surface area contributed by atoms with E-state index in [1.165, 1.54) is 10.4 Å². The summed E-state index contributed by atoms with van der Waals surface area (Å²) in [5.74, 6) is -2.01. The largest absolute Gasteiger partial charge is 0.280 e. The maximum absolute atomic E-state index is 13.8. The zero-order valence-corrected chi connectivity index (χ0v) is 16.8. The minimum absolute atomic E-state index is 0.0541. The SMILES string of the molecule is CCCS(=O)(=O)N1CCc2ccc(NS(=O)(=O)c3ccc(F)cc3F)cc2C1. The van der Waals surface area contributed by atoms with Gasteiger partial charge in [-0.1, -0.05) is 13.0 Å². The number of rotatable bonds is 6. The van der Waals surface area contributed by atoms with Gasteiger partial charge in [-0.15, -0.1) is 0 Å². The highest BCUT2D eigenvalue weighted by Crippen LogP contribution is 2.26. The summed E-state index contributed by atoms with van der Waals surface area (Å²) in [6, 6.07) is 7.01. The van der Waals surface area contributed by atoms with E-state index >= 15 is 0 Å². The molecule has 1 aliphatic heterocycles. The smallest absolute Gasteiger partial charge is 0.264 e. The van der Waals surface area contributed by atoms with Crippen LogP contribution in [0.25, 0.3) is 0 Å². The van der Waals surface area contributed by atoms with Crippen LogP contribution in [0.5, 0.6) is 0 Å². The molecule has 0 aliphatic carbocycles. The van der Waals surface area contributed by atoms with E-state index in [9.17, 15) is 25.6 Å². The van der Waals surface area contributed by atoms with Crippen LogP contribution < -0.4 is 4.72 Å². The topological polar surface area (TPSA) is 83.6 Å². The van der Waals surface area contributed by atoms with Crippen LogP contribution in [0.2, 0.25) is 0 Å². The van der Waals surface area contributed by atoms with Gasteiger partial charge in [0.05, 0.1) is 5.75 Å². The lowest BCUT2D eigenvalue weighted by molar-refractivity contribution is 0.391. The summed E-state index contributed by atoms with van der Waals surface area (Å²) in [5, 5.41) is 0. The molecule has 0 saturated heterocycles. The van der Waals surface area contributed by atoms with Crippen molar-refractivity contribution in [3.8, 4) is 0 Å². The molecule has 0 spiro atoms. The Hall–Kier alpha value is -2.04. The predicted octanol–water partition coefficient (Wildman–Crippen LogP) is 2.86. The second kappa shape index (κ2) is 7.76. The van der Waals surface area contributed by atoms with Crippen LogP contribution in [-0.4, -0.2) is 33.4 Å². The molecule has 0 radical (unpaired) electrons. The molecular formula is C18H20F2N2O4S2. The Morgan fingerprint density at radius 2 is 1.79 bits per heavy atom. The molecule has 1 heterocycles. The van der Waals surface area contributed by atoms with Gasteiger partial charge in [0, 0.05) is 24.8 Å². The summed E-state index contributed by atoms with van der Waals surface area (Å²) >= 11 is 0. The van der Waals surface area contributed by atoms with Crippen molar-refractivity contribution in [3.05, 3.63) is 59.2 Å². The van der Waals surface area contributed by atoms with E-state index in [0.717, 1.165) is 17.7 Å². The molecule has 0 saturated carbocycles. The summed E-state index contributed by atoms with van der Waals surface area (Å²) in [6.07, 6.45) is 1.03. The molecule has 2 aromatic rings. The minimum Gasteiger partial charge on any atom is -0.280 e. The van der Waals surface area contributed by atoms with Crippen molar-refractivity contribution in [1.29, 1.82) is 0 Å². The van der Waals surface area contributed by atoms with Crippen molar-refractivity contribution in [3.63, 3.8) is 0 Å². The van der Waals surface area contributed by atoms with E-state index in [4.69, 9.17) is 0 Å². The second-order valence-corrected chi connectivity index (χ2v) is 10.3. The van der Waals surface area contributed by atoms with Gasteiger partial charge in [0.2, 0.25) is 10.0 Å². The fourth-order valence-corrected chi connectivity index (χ4v) is 5.71. The Morgan fingerprint density at radius 1 is 1.04 bits per heavy atom. The lowest BCUT2D eigenvalue weighted by Crippen LogP contribution is -2.37. The number of fused-ring (bicyclic) bond motifs is 1. The second-order valence-electron chi connectivity index (χ2n) is 6.56. The molecule has 1 aliphatic rings. The fourth-order valence-electron chi connectivity index (χ4n) is 3.12. The molecule has 0 aromatic heterocycles. The van der Waals surface area contributed by atoms with Crippen LogP contribution in [0.15, 0.2) is 41.3 Å². The van der Waals surface area contributed by atoms with Gasteiger partial charge in [-0.05, 0) is 48.2 Å². The quantitative estimate of drug-likeness (QED) is 0.764. The van der Waals surface area contributed by atoms with Crippen molar-refractivity contribution in [2.75, 3.05) is 17.0 Å². The van der Waals surface area contributed by atoms with Crippen LogP contribution in [-0.2, 0) is 33.0 Å². The highest BCUT2D eigenvalue weighted by Gasteiger charge is 2.27. The Morgan fingerprint density at radius 3 is 2.46 bits per heavy atom. The minimum atomic E-state index is -4.26. The first-order valence-corrected chi connectivity index (χ1v) is 11.8. The Balaban J connectivity index is 1.86. The van der Waals surface area contributed by atoms with E-state index < -0.39 is 36.6 Å². The summed E-state index contributed by atoms with van der Waals surface area (Å²) < 4.78 is 80.0. The summed E-state index contributed by atoms with van der Waals surface area (Å²) in [5.41, 5.74) is 1.79. The fraction of sp³-hybridized carbons (Fsp3) is 0.333. The van der Waals surface area contributed by atoms with Gasteiger partial charge in [0.1, 0.15) is 16.5 Å². The summed E-state index contributed by atoms with van der Waals surface area (Å²) in [4.78, 5) is -0.668. The lowest BCUT2D eigenvalue weighted by atomic mass is 10.0. The maximum Gasteiger partial charge on any atom is 0.264 e. The molecule has 0 bridgehead atoms. The molecule has 0 unspecified atom stereocenters. The van der Waals surface area contributed by atoms with Gasteiger partial charge < -0.3 is 0 Å². The summed E-state index contributed by atoms with van der Waals surface area (Å²) in [7, 11) is -7.63. The van der Waals surface area contributed by atoms with Gasteiger partial charge in [-0.3, -0.25) is 4.72 Å². The number of anilines is 1. The van der Waals surface area contributed by atoms with Crippen molar-refractivity contribution in [2.45, 2.75) is 31.2 Å². The van der Waals surface area contributed by atoms with Gasteiger partial charge in [-0.2, -0.15) is 4.31 Å². The first kappa shape index (κ1) is 20.7. The Labute approximate surface area is 163 Å². The third-order valence-electron chi connectivity index (χ3n) is 4.47. The molecule has 3 rings (SSSR count). The normalized spacial score (nSPS) is 15.2. The molecule has 2 aromatic carbocycles. The highest BCUT2D eigenvalue weighted by molar-refractivity contribution is 7.92. The molecule has 28 heavy (non-hydrogen) atoms. The number of nitrogens with zero attached hydrogens (tertiary/aromatic N) is 1. The van der Waals surface area contributed by atoms with Crippen LogP contribution in [0.1, 0.15) is 24.5 Å². The molecular weight excluding hydrogens is 410 g/mol. The van der Waals surface area contributed by atoms with Gasteiger partial charge in [-0.25, -0.2) is 25.6 Å². The number of hydrogen-bond donors (Lipinski definition) is 1. The number of halogens is 2. The summed E-state index contributed by atoms with van der Waals surface area (Å²) in [6.45, 7) is 2.32. The number of sulfonamides is 2. The molecule has 0 atom stereocenters. The van der Waals surface area contributed by atoms with E-state index in [0.29, 0.717) is 31.0 Å². The van der Waals surface area contributed by atoms with Crippen molar-refractivity contribution in [1.82, 2.24) is 4.31 Å². The van der Waals surface area contributed by atoms with Crippen molar-refractivity contribution < 1.29 is 25.6 Å². The van der Waals surface area contributed by atoms with E-state index in [1.54, 1.807) is 19.1 Å². The molecule has 1 N–H and O–H groups in total. The van der Waals surface area contributed by atoms with Crippen LogP contribution in [0.4, 0.5) is 14.5 Å². The van der Waals surface area contributed by atoms with E-state index in [2.05, 4.69) is 4.72 Å². The monoisotopic (exact) mass is 430 g/mol. The number of nitrogens with one attached hydrogen (secondary N) is 1. The predicted molar refractivity (Wildman–Crippen MR) is 102 cm³/mol. The standard InChI is InChI=1S/C18H20F2N2O4S2/c1-2-9-27(23,24)22-8-7-13-3-5-16(10-14(13)12-22)21-28(25,26)18-6-4-15(19)11-17(18)20/h3-6,10-11,21H,2,7-9,12H2,1H3. The lowest BCUT2D eigenvalue weighted by Gasteiger charge is -2.28. The van der Waals surface area contributed by atoms with Crippen molar-refractivity contribution in [2.24, 2.45) is 0 Å². The number of hydrogen-bond acceptors (Lipinski definition) is 4. The number of benzene rings is 2. The third kappa shape index (κ3) is 4.34. The van der Waals surface area contributed by atoms with Crippen LogP contribution in [0, 0.1) is 11.6 Å². The molecule has 10 heteroatoms.